The lowest BCUT2D eigenvalue weighted by Crippen LogP contribution is -2.09. The van der Waals surface area contributed by atoms with Gasteiger partial charge in [0.15, 0.2) is 0 Å². The maximum atomic E-state index is 11.7. The summed E-state index contributed by atoms with van der Waals surface area (Å²) >= 11 is 6.38. The minimum absolute atomic E-state index is 0.380. The van der Waals surface area contributed by atoms with Crippen molar-refractivity contribution in [2.45, 2.75) is 19.3 Å². The Labute approximate surface area is 196 Å². The number of hydrogen-bond donors (Lipinski definition) is 1. The van der Waals surface area contributed by atoms with Crippen LogP contribution in [0.15, 0.2) is 54.7 Å². The molecule has 0 saturated heterocycles. The van der Waals surface area contributed by atoms with Crippen molar-refractivity contribution in [1.29, 1.82) is 0 Å². The molecule has 2 heterocycles. The Balaban J connectivity index is 1.50. The van der Waals surface area contributed by atoms with Crippen LogP contribution in [-0.4, -0.2) is 32.8 Å². The molecule has 1 N–H and O–H groups in total. The van der Waals surface area contributed by atoms with E-state index < -0.39 is 5.97 Å². The normalized spacial score (nSPS) is 12.1. The largest absolute Gasteiger partial charge is 0.465 e. The second-order valence-electron chi connectivity index (χ2n) is 7.93. The molecule has 0 saturated carbocycles. The summed E-state index contributed by atoms with van der Waals surface area (Å²) in [5, 5.41) is 8.34. The van der Waals surface area contributed by atoms with E-state index in [1.54, 1.807) is 18.2 Å². The molecular formula is C25H22ClN5O2. The van der Waals surface area contributed by atoms with Crippen molar-refractivity contribution in [2.24, 2.45) is 7.05 Å². The van der Waals surface area contributed by atoms with Crippen molar-refractivity contribution in [3.63, 3.8) is 0 Å². The Morgan fingerprint density at radius 2 is 2.00 bits per heavy atom. The number of fused-ring (bicyclic) bond motifs is 3. The Hall–Kier alpha value is -3.71. The first-order chi connectivity index (χ1) is 16.0. The molecule has 0 atom stereocenters. The lowest BCUT2D eigenvalue weighted by atomic mass is 9.91. The van der Waals surface area contributed by atoms with Crippen LogP contribution in [0.2, 0.25) is 5.02 Å². The lowest BCUT2D eigenvalue weighted by molar-refractivity contribution is 0.0601. The summed E-state index contributed by atoms with van der Waals surface area (Å²) in [6.45, 7) is 0. The molecule has 2 aromatic heterocycles. The molecule has 8 heteroatoms. The fraction of sp³-hybridized carbons (Fsp3) is 0.200. The highest BCUT2D eigenvalue weighted by molar-refractivity contribution is 6.33. The maximum absolute atomic E-state index is 11.7. The first kappa shape index (κ1) is 21.2. The summed E-state index contributed by atoms with van der Waals surface area (Å²) in [5.41, 5.74) is 7.47. The van der Waals surface area contributed by atoms with E-state index in [-0.39, 0.29) is 0 Å². The molecular weight excluding hydrogens is 438 g/mol. The van der Waals surface area contributed by atoms with Gasteiger partial charge in [0.2, 0.25) is 5.95 Å². The zero-order valence-electron chi connectivity index (χ0n) is 18.3. The average molecular weight is 460 g/mol. The fourth-order valence-electron chi connectivity index (χ4n) is 4.16. The zero-order valence-corrected chi connectivity index (χ0v) is 19.1. The Kier molecular flexibility index (Phi) is 5.56. The number of ether oxygens (including phenoxy) is 1. The van der Waals surface area contributed by atoms with Gasteiger partial charge in [0.1, 0.15) is 0 Å². The van der Waals surface area contributed by atoms with Gasteiger partial charge in [-0.05, 0) is 42.2 Å². The van der Waals surface area contributed by atoms with Gasteiger partial charge in [0.25, 0.3) is 0 Å². The van der Waals surface area contributed by atoms with Gasteiger partial charge in [0, 0.05) is 25.2 Å². The molecule has 33 heavy (non-hydrogen) atoms. The zero-order chi connectivity index (χ0) is 22.9. The minimum atomic E-state index is -0.441. The van der Waals surface area contributed by atoms with Crippen LogP contribution in [0.1, 0.15) is 32.9 Å². The summed E-state index contributed by atoms with van der Waals surface area (Å²) in [5.74, 6) is -0.00707. The molecule has 0 amide bonds. The molecule has 0 fully saturated rings. The number of methoxy groups -OCH3 is 1. The molecule has 4 aromatic rings. The third-order valence-electron chi connectivity index (χ3n) is 5.82. The molecule has 166 valence electrons. The van der Waals surface area contributed by atoms with Crippen LogP contribution in [0.4, 0.5) is 11.6 Å². The van der Waals surface area contributed by atoms with Crippen LogP contribution in [0, 0.1) is 0 Å². The summed E-state index contributed by atoms with van der Waals surface area (Å²) in [6.07, 6.45) is 4.34. The van der Waals surface area contributed by atoms with Crippen molar-refractivity contribution in [3.05, 3.63) is 87.8 Å². The second-order valence-corrected chi connectivity index (χ2v) is 8.34. The average Bonchev–Trinajstić information content (AvgIpc) is 3.15. The van der Waals surface area contributed by atoms with Crippen molar-refractivity contribution < 1.29 is 9.53 Å². The molecule has 2 aromatic carbocycles. The first-order valence-corrected chi connectivity index (χ1v) is 11.0. The number of esters is 1. The molecule has 1 aliphatic rings. The van der Waals surface area contributed by atoms with Crippen molar-refractivity contribution in [1.82, 2.24) is 19.7 Å². The van der Waals surface area contributed by atoms with Crippen LogP contribution < -0.4 is 5.32 Å². The predicted molar refractivity (Wildman–Crippen MR) is 127 cm³/mol. The van der Waals surface area contributed by atoms with Crippen LogP contribution in [0.3, 0.4) is 0 Å². The third-order valence-corrected chi connectivity index (χ3v) is 6.13. The van der Waals surface area contributed by atoms with Gasteiger partial charge in [-0.1, -0.05) is 41.9 Å². The van der Waals surface area contributed by atoms with E-state index in [1.165, 1.54) is 12.7 Å². The summed E-state index contributed by atoms with van der Waals surface area (Å²) in [4.78, 5) is 21.1. The standard InChI is InChI=1S/C25H22ClN5O2/c1-31-21(12-15-6-4-3-5-7-15)22-20(30-31)11-9-17-14-27-25(29-23(17)22)28-19-10-8-16(13-18(19)26)24(32)33-2/h3-8,10,13-14H,9,11-12H2,1-2H3,(H,27,28,29). The van der Waals surface area contributed by atoms with Gasteiger partial charge in [-0.3, -0.25) is 4.68 Å². The second kappa shape index (κ2) is 8.67. The van der Waals surface area contributed by atoms with E-state index >= 15 is 0 Å². The molecule has 7 nitrogen and oxygen atoms in total. The minimum Gasteiger partial charge on any atom is -0.465 e. The van der Waals surface area contributed by atoms with Gasteiger partial charge in [-0.25, -0.2) is 14.8 Å². The highest BCUT2D eigenvalue weighted by Gasteiger charge is 2.26. The molecule has 0 radical (unpaired) electrons. The van der Waals surface area contributed by atoms with Crippen molar-refractivity contribution >= 4 is 29.2 Å². The van der Waals surface area contributed by atoms with Gasteiger partial charge in [-0.2, -0.15) is 5.10 Å². The quantitative estimate of drug-likeness (QED) is 0.434. The molecule has 0 bridgehead atoms. The van der Waals surface area contributed by atoms with Gasteiger partial charge in [-0.15, -0.1) is 0 Å². The van der Waals surface area contributed by atoms with Crippen molar-refractivity contribution in [3.8, 4) is 11.3 Å². The summed E-state index contributed by atoms with van der Waals surface area (Å²) in [7, 11) is 3.32. The van der Waals surface area contributed by atoms with E-state index in [0.29, 0.717) is 22.2 Å². The number of aryl methyl sites for hydroxylation is 3. The highest BCUT2D eigenvalue weighted by atomic mass is 35.5. The number of aromatic nitrogens is 4. The van der Waals surface area contributed by atoms with Gasteiger partial charge >= 0.3 is 5.97 Å². The number of rotatable bonds is 5. The van der Waals surface area contributed by atoms with E-state index in [4.69, 9.17) is 26.4 Å². The highest BCUT2D eigenvalue weighted by Crippen LogP contribution is 2.36. The Morgan fingerprint density at radius 1 is 1.18 bits per heavy atom. The first-order valence-electron chi connectivity index (χ1n) is 10.6. The monoisotopic (exact) mass is 459 g/mol. The van der Waals surface area contributed by atoms with Crippen LogP contribution in [0.25, 0.3) is 11.3 Å². The Bertz CT molecular complexity index is 1350. The molecule has 0 spiro atoms. The summed E-state index contributed by atoms with van der Waals surface area (Å²) < 4.78 is 6.71. The number of nitrogens with zero attached hydrogens (tertiary/aromatic N) is 4. The number of halogens is 1. The molecule has 1 aliphatic carbocycles. The van der Waals surface area contributed by atoms with E-state index in [9.17, 15) is 4.79 Å². The number of anilines is 2. The predicted octanol–water partition coefficient (Wildman–Crippen LogP) is 4.75. The van der Waals surface area contributed by atoms with E-state index in [0.717, 1.165) is 47.5 Å². The smallest absolute Gasteiger partial charge is 0.337 e. The van der Waals surface area contributed by atoms with Gasteiger partial charge < -0.3 is 10.1 Å². The SMILES string of the molecule is COC(=O)c1ccc(Nc2ncc3c(n2)-c2c(nn(C)c2Cc2ccccc2)CC3)c(Cl)c1. The van der Waals surface area contributed by atoms with E-state index in [2.05, 4.69) is 22.4 Å². The molecule has 5 rings (SSSR count). The number of nitrogens with one attached hydrogen (secondary N) is 1. The molecule has 0 aliphatic heterocycles. The van der Waals surface area contributed by atoms with Crippen LogP contribution in [0.5, 0.6) is 0 Å². The number of benzene rings is 2. The van der Waals surface area contributed by atoms with Crippen LogP contribution >= 0.6 is 11.6 Å². The van der Waals surface area contributed by atoms with E-state index in [1.807, 2.05) is 36.1 Å². The molecule has 0 unspecified atom stereocenters. The van der Waals surface area contributed by atoms with Crippen LogP contribution in [-0.2, 0) is 31.0 Å². The van der Waals surface area contributed by atoms with Gasteiger partial charge in [0.05, 0.1) is 40.5 Å². The third kappa shape index (κ3) is 4.07. The maximum Gasteiger partial charge on any atom is 0.337 e. The Morgan fingerprint density at radius 3 is 2.76 bits per heavy atom. The van der Waals surface area contributed by atoms with Crippen molar-refractivity contribution in [2.75, 3.05) is 12.4 Å². The lowest BCUT2D eigenvalue weighted by Gasteiger charge is -2.17. The summed E-state index contributed by atoms with van der Waals surface area (Å²) in [6, 6.07) is 15.3. The fourth-order valence-corrected chi connectivity index (χ4v) is 4.39. The number of carbonyl (C=O) groups excluding carboxylic acids is 1. The number of hydrogen-bond acceptors (Lipinski definition) is 6. The number of carbonyl (C=O) groups is 1. The topological polar surface area (TPSA) is 81.9 Å².